The van der Waals surface area contributed by atoms with Gasteiger partial charge in [-0.1, -0.05) is 35.3 Å². The van der Waals surface area contributed by atoms with E-state index >= 15 is 0 Å². The van der Waals surface area contributed by atoms with Gasteiger partial charge in [-0.2, -0.15) is 0 Å². The first-order valence-electron chi connectivity index (χ1n) is 9.25. The van der Waals surface area contributed by atoms with Crippen LogP contribution in [0.2, 0.25) is 10.0 Å². The van der Waals surface area contributed by atoms with Crippen molar-refractivity contribution >= 4 is 40.5 Å². The number of nitrogens with zero attached hydrogens (tertiary/aromatic N) is 1. The standard InChI is InChI=1S/C21H24Cl2N2O3/c1-13-11-25(12-14(2)27-13)19-7-5-4-6-18(19)24-21(26)15(3)28-20-9-8-16(22)10-17(20)23/h4-10,13-15H,11-12H2,1-3H3,(H,24,26). The molecule has 0 aromatic heterocycles. The number of halogens is 2. The molecule has 1 fully saturated rings. The van der Waals surface area contributed by atoms with Gasteiger partial charge in [-0.25, -0.2) is 0 Å². The molecule has 1 saturated heterocycles. The third-order valence-corrected chi connectivity index (χ3v) is 5.02. The summed E-state index contributed by atoms with van der Waals surface area (Å²) >= 11 is 12.0. The van der Waals surface area contributed by atoms with Gasteiger partial charge in [0.2, 0.25) is 0 Å². The van der Waals surface area contributed by atoms with E-state index in [1.165, 1.54) is 0 Å². The molecule has 3 rings (SSSR count). The summed E-state index contributed by atoms with van der Waals surface area (Å²) < 4.78 is 11.5. The highest BCUT2D eigenvalue weighted by atomic mass is 35.5. The molecule has 3 atom stereocenters. The first-order valence-corrected chi connectivity index (χ1v) is 10.0. The van der Waals surface area contributed by atoms with Crippen molar-refractivity contribution in [3.63, 3.8) is 0 Å². The smallest absolute Gasteiger partial charge is 0.265 e. The summed E-state index contributed by atoms with van der Waals surface area (Å²) in [5.41, 5.74) is 1.71. The van der Waals surface area contributed by atoms with E-state index in [1.54, 1.807) is 25.1 Å². The van der Waals surface area contributed by atoms with Gasteiger partial charge in [0.05, 0.1) is 28.6 Å². The summed E-state index contributed by atoms with van der Waals surface area (Å²) in [5.74, 6) is 0.158. The van der Waals surface area contributed by atoms with Crippen molar-refractivity contribution in [2.24, 2.45) is 0 Å². The van der Waals surface area contributed by atoms with E-state index in [9.17, 15) is 4.79 Å². The normalized spacial score (nSPS) is 20.5. The molecule has 0 spiro atoms. The van der Waals surface area contributed by atoms with Crippen molar-refractivity contribution in [1.82, 2.24) is 0 Å². The predicted octanol–water partition coefficient (Wildman–Crippen LogP) is 5.01. The number of ether oxygens (including phenoxy) is 2. The number of anilines is 2. The maximum absolute atomic E-state index is 12.7. The first kappa shape index (κ1) is 20.8. The number of hydrogen-bond donors (Lipinski definition) is 1. The van der Waals surface area contributed by atoms with Gasteiger partial charge in [0.1, 0.15) is 5.75 Å². The van der Waals surface area contributed by atoms with Crippen LogP contribution in [0.25, 0.3) is 0 Å². The van der Waals surface area contributed by atoms with Crippen molar-refractivity contribution in [2.45, 2.75) is 39.1 Å². The Morgan fingerprint density at radius 3 is 2.54 bits per heavy atom. The highest BCUT2D eigenvalue weighted by Crippen LogP contribution is 2.30. The quantitative estimate of drug-likeness (QED) is 0.735. The number of carbonyl (C=O) groups excluding carboxylic acids is 1. The molecular weight excluding hydrogens is 399 g/mol. The Morgan fingerprint density at radius 2 is 1.86 bits per heavy atom. The molecule has 0 radical (unpaired) electrons. The number of para-hydroxylation sites is 2. The van der Waals surface area contributed by atoms with Crippen molar-refractivity contribution in [3.8, 4) is 5.75 Å². The molecule has 1 aliphatic heterocycles. The van der Waals surface area contributed by atoms with E-state index < -0.39 is 6.10 Å². The van der Waals surface area contributed by atoms with Crippen LogP contribution in [0.4, 0.5) is 11.4 Å². The second kappa shape index (κ2) is 9.03. The fourth-order valence-corrected chi connectivity index (χ4v) is 3.73. The summed E-state index contributed by atoms with van der Waals surface area (Å²) in [6.07, 6.45) is -0.474. The molecule has 150 valence electrons. The average molecular weight is 423 g/mol. The van der Waals surface area contributed by atoms with Gasteiger partial charge in [0.15, 0.2) is 6.10 Å². The molecule has 2 aromatic rings. The monoisotopic (exact) mass is 422 g/mol. The maximum atomic E-state index is 12.7. The van der Waals surface area contributed by atoms with E-state index in [-0.39, 0.29) is 18.1 Å². The zero-order valence-electron chi connectivity index (χ0n) is 16.1. The molecule has 2 aromatic carbocycles. The third kappa shape index (κ3) is 5.10. The molecule has 1 N–H and O–H groups in total. The van der Waals surface area contributed by atoms with Crippen LogP contribution >= 0.6 is 23.2 Å². The lowest BCUT2D eigenvalue weighted by Crippen LogP contribution is -2.45. The topological polar surface area (TPSA) is 50.8 Å². The Labute approximate surface area is 175 Å². The van der Waals surface area contributed by atoms with Crippen LogP contribution in [-0.2, 0) is 9.53 Å². The van der Waals surface area contributed by atoms with Crippen LogP contribution in [-0.4, -0.2) is 37.3 Å². The van der Waals surface area contributed by atoms with Crippen molar-refractivity contribution in [3.05, 3.63) is 52.5 Å². The molecule has 7 heteroatoms. The number of rotatable bonds is 5. The lowest BCUT2D eigenvalue weighted by Gasteiger charge is -2.37. The van der Waals surface area contributed by atoms with E-state index in [0.717, 1.165) is 24.5 Å². The number of hydrogen-bond acceptors (Lipinski definition) is 4. The number of carbonyl (C=O) groups is 1. The molecule has 28 heavy (non-hydrogen) atoms. The van der Waals surface area contributed by atoms with E-state index in [4.69, 9.17) is 32.7 Å². The largest absolute Gasteiger partial charge is 0.479 e. The number of nitrogens with one attached hydrogen (secondary N) is 1. The Hall–Kier alpha value is -1.95. The molecule has 0 bridgehead atoms. The fourth-order valence-electron chi connectivity index (χ4n) is 3.28. The lowest BCUT2D eigenvalue weighted by molar-refractivity contribution is -0.122. The molecule has 0 saturated carbocycles. The van der Waals surface area contributed by atoms with E-state index in [0.29, 0.717) is 15.8 Å². The minimum atomic E-state index is -0.728. The highest BCUT2D eigenvalue weighted by molar-refractivity contribution is 6.35. The van der Waals surface area contributed by atoms with Crippen LogP contribution in [0.1, 0.15) is 20.8 Å². The summed E-state index contributed by atoms with van der Waals surface area (Å²) in [6, 6.07) is 12.7. The second-order valence-electron chi connectivity index (χ2n) is 7.00. The molecule has 3 unspecified atom stereocenters. The molecule has 1 heterocycles. The van der Waals surface area contributed by atoms with Crippen LogP contribution in [0.5, 0.6) is 5.75 Å². The number of amides is 1. The minimum absolute atomic E-state index is 0.127. The molecule has 0 aliphatic carbocycles. The Balaban J connectivity index is 1.71. The van der Waals surface area contributed by atoms with Gasteiger partial charge in [0, 0.05) is 18.1 Å². The maximum Gasteiger partial charge on any atom is 0.265 e. The molecular formula is C21H24Cl2N2O3. The van der Waals surface area contributed by atoms with E-state index in [2.05, 4.69) is 24.1 Å². The first-order chi connectivity index (χ1) is 13.3. The average Bonchev–Trinajstić information content (AvgIpc) is 2.63. The Kier molecular flexibility index (Phi) is 6.70. The summed E-state index contributed by atoms with van der Waals surface area (Å²) in [7, 11) is 0. The number of benzene rings is 2. The van der Waals surface area contributed by atoms with Crippen LogP contribution < -0.4 is 15.0 Å². The molecule has 1 aliphatic rings. The SMILES string of the molecule is CC1CN(c2ccccc2NC(=O)C(C)Oc2ccc(Cl)cc2Cl)CC(C)O1. The predicted molar refractivity (Wildman–Crippen MR) is 114 cm³/mol. The summed E-state index contributed by atoms with van der Waals surface area (Å²) in [4.78, 5) is 14.9. The van der Waals surface area contributed by atoms with Crippen LogP contribution in [0.3, 0.4) is 0 Å². The van der Waals surface area contributed by atoms with Gasteiger partial charge in [0.25, 0.3) is 5.91 Å². The zero-order valence-corrected chi connectivity index (χ0v) is 17.6. The van der Waals surface area contributed by atoms with Gasteiger partial charge in [-0.05, 0) is 51.1 Å². The van der Waals surface area contributed by atoms with Gasteiger partial charge in [-0.15, -0.1) is 0 Å². The van der Waals surface area contributed by atoms with Gasteiger partial charge < -0.3 is 19.7 Å². The highest BCUT2D eigenvalue weighted by Gasteiger charge is 2.25. The molecule has 5 nitrogen and oxygen atoms in total. The second-order valence-corrected chi connectivity index (χ2v) is 7.85. The van der Waals surface area contributed by atoms with Gasteiger partial charge >= 0.3 is 0 Å². The third-order valence-electron chi connectivity index (χ3n) is 4.49. The van der Waals surface area contributed by atoms with Crippen molar-refractivity contribution in [1.29, 1.82) is 0 Å². The Bertz CT molecular complexity index is 836. The fraction of sp³-hybridized carbons (Fsp3) is 0.381. The lowest BCUT2D eigenvalue weighted by atomic mass is 10.1. The van der Waals surface area contributed by atoms with Crippen LogP contribution in [0.15, 0.2) is 42.5 Å². The van der Waals surface area contributed by atoms with Crippen molar-refractivity contribution < 1.29 is 14.3 Å². The zero-order chi connectivity index (χ0) is 20.3. The number of morpholine rings is 1. The van der Waals surface area contributed by atoms with Crippen molar-refractivity contribution in [2.75, 3.05) is 23.3 Å². The molecule has 1 amide bonds. The minimum Gasteiger partial charge on any atom is -0.479 e. The van der Waals surface area contributed by atoms with Gasteiger partial charge in [-0.3, -0.25) is 4.79 Å². The Morgan fingerprint density at radius 1 is 1.18 bits per heavy atom. The van der Waals surface area contributed by atoms with E-state index in [1.807, 2.05) is 24.3 Å². The summed E-state index contributed by atoms with van der Waals surface area (Å²) in [6.45, 7) is 7.32. The van der Waals surface area contributed by atoms with Crippen LogP contribution in [0, 0.1) is 0 Å². The summed E-state index contributed by atoms with van der Waals surface area (Å²) in [5, 5.41) is 3.85.